The first-order valence-electron chi connectivity index (χ1n) is 11.7. The van der Waals surface area contributed by atoms with Gasteiger partial charge in [0.1, 0.15) is 0 Å². The molecule has 2 aliphatic heterocycles. The minimum absolute atomic E-state index is 0.0189. The average molecular weight is 491 g/mol. The number of halogens is 1. The minimum Gasteiger partial charge on any atom is -0.466 e. The highest BCUT2D eigenvalue weighted by molar-refractivity contribution is 8.04. The number of nitrogens with zero attached hydrogens (tertiary/aromatic N) is 2. The predicted molar refractivity (Wildman–Crippen MR) is 131 cm³/mol. The molecular formula is C25H31ClN2O4S. The molecule has 3 fully saturated rings. The van der Waals surface area contributed by atoms with E-state index in [0.29, 0.717) is 36.0 Å². The number of carbonyl (C=O) groups excluding carboxylic acids is 3. The summed E-state index contributed by atoms with van der Waals surface area (Å²) in [7, 11) is 1.84. The fraction of sp³-hybridized carbons (Fsp3) is 0.560. The number of thioether (sulfide) groups is 1. The Hall–Kier alpha value is -1.99. The van der Waals surface area contributed by atoms with Crippen molar-refractivity contribution in [2.75, 3.05) is 26.7 Å². The van der Waals surface area contributed by atoms with E-state index in [9.17, 15) is 14.4 Å². The third kappa shape index (κ3) is 5.24. The van der Waals surface area contributed by atoms with Gasteiger partial charge < -0.3 is 14.5 Å². The molecule has 4 atom stereocenters. The zero-order chi connectivity index (χ0) is 23.5. The van der Waals surface area contributed by atoms with Crippen LogP contribution in [-0.2, 0) is 19.1 Å². The summed E-state index contributed by atoms with van der Waals surface area (Å²) < 4.78 is 5.17. The van der Waals surface area contributed by atoms with E-state index in [2.05, 4.69) is 0 Å². The van der Waals surface area contributed by atoms with Gasteiger partial charge in [-0.2, -0.15) is 0 Å². The summed E-state index contributed by atoms with van der Waals surface area (Å²) in [5.41, 5.74) is 0.840. The van der Waals surface area contributed by atoms with Gasteiger partial charge in [-0.25, -0.2) is 0 Å². The van der Waals surface area contributed by atoms with Gasteiger partial charge in [0.25, 0.3) is 5.91 Å². The molecule has 8 heteroatoms. The predicted octanol–water partition coefficient (Wildman–Crippen LogP) is 4.23. The van der Waals surface area contributed by atoms with Crippen molar-refractivity contribution in [1.29, 1.82) is 0 Å². The number of ether oxygens (including phenoxy) is 1. The van der Waals surface area contributed by atoms with Gasteiger partial charge >= 0.3 is 5.97 Å². The van der Waals surface area contributed by atoms with Crippen LogP contribution in [0.5, 0.6) is 0 Å². The molecule has 1 aromatic carbocycles. The number of piperidine rings is 1. The van der Waals surface area contributed by atoms with Crippen LogP contribution < -0.4 is 0 Å². The maximum Gasteiger partial charge on any atom is 0.310 e. The number of rotatable bonds is 4. The van der Waals surface area contributed by atoms with Gasteiger partial charge in [-0.15, -0.1) is 11.8 Å². The van der Waals surface area contributed by atoms with E-state index < -0.39 is 0 Å². The van der Waals surface area contributed by atoms with Crippen LogP contribution in [0.4, 0.5) is 0 Å². The van der Waals surface area contributed by atoms with E-state index in [4.69, 9.17) is 16.3 Å². The van der Waals surface area contributed by atoms with Crippen LogP contribution in [0.1, 0.15) is 44.6 Å². The molecule has 4 unspecified atom stereocenters. The number of benzene rings is 1. The van der Waals surface area contributed by atoms with Crippen molar-refractivity contribution in [1.82, 2.24) is 9.80 Å². The van der Waals surface area contributed by atoms with Crippen molar-refractivity contribution >= 4 is 47.2 Å². The first-order chi connectivity index (χ1) is 15.9. The maximum atomic E-state index is 13.3. The molecule has 1 aliphatic carbocycles. The molecule has 4 rings (SSSR count). The number of amides is 2. The summed E-state index contributed by atoms with van der Waals surface area (Å²) >= 11 is 7.91. The van der Waals surface area contributed by atoms with Crippen LogP contribution in [0.25, 0.3) is 6.08 Å². The molecule has 1 saturated carbocycles. The van der Waals surface area contributed by atoms with Gasteiger partial charge in [0.2, 0.25) is 5.91 Å². The molecule has 33 heavy (non-hydrogen) atoms. The summed E-state index contributed by atoms with van der Waals surface area (Å²) in [4.78, 5) is 42.9. The van der Waals surface area contributed by atoms with Crippen molar-refractivity contribution in [3.8, 4) is 0 Å². The van der Waals surface area contributed by atoms with Crippen molar-refractivity contribution in [2.45, 2.75) is 50.3 Å². The number of likely N-dealkylation sites (tertiary alicyclic amines) is 1. The highest BCUT2D eigenvalue weighted by atomic mass is 35.5. The number of esters is 1. The number of likely N-dealkylation sites (N-methyl/N-ethyl adjacent to an activating group) is 1. The summed E-state index contributed by atoms with van der Waals surface area (Å²) in [6, 6.07) is 7.54. The third-order valence-corrected chi connectivity index (χ3v) is 8.70. The zero-order valence-corrected chi connectivity index (χ0v) is 20.7. The Bertz CT molecular complexity index is 952. The molecule has 2 amide bonds. The molecule has 0 bridgehead atoms. The lowest BCUT2D eigenvalue weighted by atomic mass is 9.83. The SMILES string of the molecule is CCOC(=O)C1CCCN(C(=O)C2CCC3S/C(=C\c4ccccc4Cl)C(=O)N(C)C3C2)C1. The highest BCUT2D eigenvalue weighted by Gasteiger charge is 2.44. The topological polar surface area (TPSA) is 66.9 Å². The van der Waals surface area contributed by atoms with Crippen LogP contribution in [0.3, 0.4) is 0 Å². The summed E-state index contributed by atoms with van der Waals surface area (Å²) in [5.74, 6) is -0.450. The first-order valence-corrected chi connectivity index (χ1v) is 13.0. The second-order valence-corrected chi connectivity index (χ2v) is 10.7. The van der Waals surface area contributed by atoms with Crippen molar-refractivity contribution < 1.29 is 19.1 Å². The second kappa shape index (κ2) is 10.5. The monoisotopic (exact) mass is 490 g/mol. The van der Waals surface area contributed by atoms with Crippen molar-refractivity contribution in [3.05, 3.63) is 39.8 Å². The van der Waals surface area contributed by atoms with Gasteiger partial charge in [0, 0.05) is 42.4 Å². The van der Waals surface area contributed by atoms with Gasteiger partial charge in [-0.1, -0.05) is 29.8 Å². The smallest absolute Gasteiger partial charge is 0.310 e. The van der Waals surface area contributed by atoms with Crippen LogP contribution in [0.15, 0.2) is 29.2 Å². The normalized spacial score (nSPS) is 29.1. The lowest BCUT2D eigenvalue weighted by molar-refractivity contribution is -0.152. The van der Waals surface area contributed by atoms with Gasteiger partial charge in [-0.05, 0) is 56.7 Å². The standard InChI is InChI=1S/C25H31ClN2O4S/c1-3-32-25(31)18-8-6-12-28(15-18)23(29)17-10-11-21-20(13-17)27(2)24(30)22(33-21)14-16-7-4-5-9-19(16)26/h4-5,7,9,14,17-18,20-21H,3,6,8,10-13,15H2,1-2H3/b22-14-. The fourth-order valence-electron chi connectivity index (χ4n) is 5.14. The molecule has 3 aliphatic rings. The Morgan fingerprint density at radius 2 is 2.00 bits per heavy atom. The van der Waals surface area contributed by atoms with Crippen LogP contribution in [0, 0.1) is 11.8 Å². The fourth-order valence-corrected chi connectivity index (χ4v) is 6.80. The molecule has 0 N–H and O–H groups in total. The summed E-state index contributed by atoms with van der Waals surface area (Å²) in [5, 5.41) is 0.888. The highest BCUT2D eigenvalue weighted by Crippen LogP contribution is 2.44. The average Bonchev–Trinajstić information content (AvgIpc) is 2.83. The minimum atomic E-state index is -0.231. The van der Waals surface area contributed by atoms with Crippen LogP contribution >= 0.6 is 23.4 Å². The Labute approximate surface area is 204 Å². The Kier molecular flexibility index (Phi) is 7.69. The quantitative estimate of drug-likeness (QED) is 0.467. The molecule has 6 nitrogen and oxygen atoms in total. The summed E-state index contributed by atoms with van der Waals surface area (Å²) in [6.45, 7) is 3.29. The van der Waals surface area contributed by atoms with E-state index in [-0.39, 0.29) is 40.9 Å². The molecule has 1 aromatic rings. The van der Waals surface area contributed by atoms with Gasteiger partial charge in [0.05, 0.1) is 17.4 Å². The molecule has 0 spiro atoms. The molecule has 2 saturated heterocycles. The van der Waals surface area contributed by atoms with E-state index in [1.807, 2.05) is 42.3 Å². The molecule has 0 radical (unpaired) electrons. The first kappa shape index (κ1) is 24.1. The number of carbonyl (C=O) groups is 3. The molecule has 0 aromatic heterocycles. The molecule has 2 heterocycles. The Morgan fingerprint density at radius 3 is 2.76 bits per heavy atom. The number of fused-ring (bicyclic) bond motifs is 1. The largest absolute Gasteiger partial charge is 0.466 e. The zero-order valence-electron chi connectivity index (χ0n) is 19.2. The van der Waals surface area contributed by atoms with Gasteiger partial charge in [0.15, 0.2) is 0 Å². The summed E-state index contributed by atoms with van der Waals surface area (Å²) in [6.07, 6.45) is 5.80. The van der Waals surface area contributed by atoms with Crippen LogP contribution in [0.2, 0.25) is 5.02 Å². The van der Waals surface area contributed by atoms with E-state index in [1.54, 1.807) is 23.6 Å². The van der Waals surface area contributed by atoms with Crippen molar-refractivity contribution in [3.63, 3.8) is 0 Å². The maximum absolute atomic E-state index is 13.3. The van der Waals surface area contributed by atoms with E-state index >= 15 is 0 Å². The lowest BCUT2D eigenvalue weighted by Crippen LogP contribution is -2.53. The Morgan fingerprint density at radius 1 is 1.21 bits per heavy atom. The number of hydrogen-bond acceptors (Lipinski definition) is 5. The Balaban J connectivity index is 1.42. The van der Waals surface area contributed by atoms with Crippen molar-refractivity contribution in [2.24, 2.45) is 11.8 Å². The van der Waals surface area contributed by atoms with Gasteiger partial charge in [-0.3, -0.25) is 14.4 Å². The number of hydrogen-bond donors (Lipinski definition) is 0. The molecular weight excluding hydrogens is 460 g/mol. The third-order valence-electron chi connectivity index (χ3n) is 6.96. The molecule has 178 valence electrons. The lowest BCUT2D eigenvalue weighted by Gasteiger charge is -2.45. The van der Waals surface area contributed by atoms with Crippen LogP contribution in [-0.4, -0.2) is 65.6 Å². The van der Waals surface area contributed by atoms with E-state index in [1.165, 1.54) is 0 Å². The van der Waals surface area contributed by atoms with E-state index in [0.717, 1.165) is 31.2 Å². The second-order valence-electron chi connectivity index (χ2n) is 9.06.